The highest BCUT2D eigenvalue weighted by Gasteiger charge is 2.48. The average molecular weight is 560 g/mol. The van der Waals surface area contributed by atoms with Gasteiger partial charge in [0.2, 0.25) is 11.8 Å². The Morgan fingerprint density at radius 2 is 1.80 bits per heavy atom. The van der Waals surface area contributed by atoms with Gasteiger partial charge in [-0.3, -0.25) is 19.0 Å². The van der Waals surface area contributed by atoms with Gasteiger partial charge in [-0.05, 0) is 69.4 Å². The Morgan fingerprint density at radius 3 is 2.40 bits per heavy atom. The molecule has 0 saturated heterocycles. The summed E-state index contributed by atoms with van der Waals surface area (Å²) in [5.74, 6) is -1.19. The van der Waals surface area contributed by atoms with Crippen LogP contribution in [0.25, 0.3) is 0 Å². The van der Waals surface area contributed by atoms with Crippen molar-refractivity contribution in [2.24, 2.45) is 17.8 Å². The highest BCUT2D eigenvalue weighted by Crippen LogP contribution is 2.51. The molecule has 214 valence electrons. The van der Waals surface area contributed by atoms with Crippen molar-refractivity contribution in [2.45, 2.75) is 64.1 Å². The Labute approximate surface area is 229 Å². The van der Waals surface area contributed by atoms with Crippen molar-refractivity contribution in [1.82, 2.24) is 29.9 Å². The molecule has 2 unspecified atom stereocenters. The number of hydrogen-bond acceptors (Lipinski definition) is 6. The van der Waals surface area contributed by atoms with Gasteiger partial charge in [-0.25, -0.2) is 18.2 Å². The van der Waals surface area contributed by atoms with Crippen LogP contribution in [-0.2, 0) is 4.79 Å². The maximum Gasteiger partial charge on any atom is 0.270 e. The molecule has 2 saturated carbocycles. The van der Waals surface area contributed by atoms with Crippen molar-refractivity contribution in [3.8, 4) is 5.88 Å². The monoisotopic (exact) mass is 559 g/mol. The number of rotatable bonds is 12. The number of alkyl halides is 2. The number of nitrogens with one attached hydrogen (secondary N) is 2. The van der Waals surface area contributed by atoms with E-state index >= 15 is 0 Å². The third kappa shape index (κ3) is 5.82. The smallest absolute Gasteiger partial charge is 0.270 e. The molecule has 2 fully saturated rings. The third-order valence-electron chi connectivity index (χ3n) is 7.43. The second-order valence-corrected chi connectivity index (χ2v) is 10.7. The van der Waals surface area contributed by atoms with E-state index in [1.807, 2.05) is 13.8 Å². The standard InChI is InChI=1S/C27H32F3N7O3/c1-14(2)37-20(8-9-32-37)25(38)35-22(21(15-4-5-15)16-6-7-16)26(39)34-18-12-33-36(13-18)23(24(29)30)19-10-17(28)11-31-27(19)40-3/h8-16,21-24H,4-7H2,1-3H3,(H,34,39)(H,35,38). The van der Waals surface area contributed by atoms with Crippen molar-refractivity contribution in [1.29, 1.82) is 0 Å². The largest absolute Gasteiger partial charge is 0.481 e. The maximum atomic E-state index is 14.2. The Balaban J connectivity index is 1.39. The summed E-state index contributed by atoms with van der Waals surface area (Å²) in [6.07, 6.45) is 5.87. The molecule has 3 aromatic heterocycles. The van der Waals surface area contributed by atoms with Gasteiger partial charge in [0.25, 0.3) is 12.3 Å². The van der Waals surface area contributed by atoms with E-state index in [2.05, 4.69) is 25.8 Å². The van der Waals surface area contributed by atoms with Crippen LogP contribution in [0.5, 0.6) is 5.88 Å². The average Bonchev–Trinajstić information content (AvgIpc) is 3.83. The van der Waals surface area contributed by atoms with Gasteiger partial charge in [0.1, 0.15) is 23.6 Å². The van der Waals surface area contributed by atoms with Gasteiger partial charge >= 0.3 is 0 Å². The SMILES string of the molecule is COc1ncc(F)cc1C(C(F)F)n1cc(NC(=O)C(NC(=O)c2ccnn2C(C)C)C(C2CC2)C2CC2)cn1. The summed E-state index contributed by atoms with van der Waals surface area (Å²) in [6, 6.07) is -0.0546. The molecule has 3 heterocycles. The number of carbonyl (C=O) groups excluding carboxylic acids is 2. The number of hydrogen-bond donors (Lipinski definition) is 2. The van der Waals surface area contributed by atoms with Crippen LogP contribution in [0, 0.1) is 23.6 Å². The van der Waals surface area contributed by atoms with Crippen molar-refractivity contribution in [3.63, 3.8) is 0 Å². The van der Waals surface area contributed by atoms with E-state index in [0.29, 0.717) is 17.5 Å². The van der Waals surface area contributed by atoms with Crippen molar-refractivity contribution < 1.29 is 27.5 Å². The van der Waals surface area contributed by atoms with Crippen molar-refractivity contribution in [3.05, 3.63) is 54.0 Å². The zero-order chi connectivity index (χ0) is 28.6. The van der Waals surface area contributed by atoms with E-state index in [-0.39, 0.29) is 29.1 Å². The Morgan fingerprint density at radius 1 is 1.10 bits per heavy atom. The lowest BCUT2D eigenvalue weighted by Gasteiger charge is -2.27. The van der Waals surface area contributed by atoms with E-state index in [4.69, 9.17) is 4.74 Å². The lowest BCUT2D eigenvalue weighted by atomic mass is 9.88. The number of methoxy groups -OCH3 is 1. The molecular formula is C27H32F3N7O3. The molecule has 13 heteroatoms. The van der Waals surface area contributed by atoms with Crippen LogP contribution in [0.15, 0.2) is 36.9 Å². The van der Waals surface area contributed by atoms with Gasteiger partial charge in [-0.1, -0.05) is 0 Å². The molecular weight excluding hydrogens is 527 g/mol. The van der Waals surface area contributed by atoms with Crippen molar-refractivity contribution in [2.75, 3.05) is 12.4 Å². The first-order valence-electron chi connectivity index (χ1n) is 13.3. The molecule has 10 nitrogen and oxygen atoms in total. The summed E-state index contributed by atoms with van der Waals surface area (Å²) in [5.41, 5.74) is 0.326. The molecule has 0 bridgehead atoms. The van der Waals surface area contributed by atoms with Gasteiger partial charge in [0.15, 0.2) is 0 Å². The summed E-state index contributed by atoms with van der Waals surface area (Å²) in [5, 5.41) is 13.9. The fourth-order valence-corrected chi connectivity index (χ4v) is 5.34. The summed E-state index contributed by atoms with van der Waals surface area (Å²) in [4.78, 5) is 30.7. The van der Waals surface area contributed by atoms with Crippen LogP contribution >= 0.6 is 0 Å². The molecule has 0 spiro atoms. The summed E-state index contributed by atoms with van der Waals surface area (Å²) >= 11 is 0. The normalized spacial score (nSPS) is 16.8. The molecule has 40 heavy (non-hydrogen) atoms. The molecule has 3 aromatic rings. The molecule has 2 aliphatic carbocycles. The Bertz CT molecular complexity index is 1350. The number of aromatic nitrogens is 5. The highest BCUT2D eigenvalue weighted by molar-refractivity contribution is 6.00. The maximum absolute atomic E-state index is 14.2. The highest BCUT2D eigenvalue weighted by atomic mass is 19.3. The number of nitrogens with zero attached hydrogens (tertiary/aromatic N) is 5. The van der Waals surface area contributed by atoms with Gasteiger partial charge in [-0.15, -0.1) is 0 Å². The van der Waals surface area contributed by atoms with Crippen LogP contribution in [0.3, 0.4) is 0 Å². The van der Waals surface area contributed by atoms with E-state index in [1.54, 1.807) is 16.9 Å². The number of pyridine rings is 1. The molecule has 0 aliphatic heterocycles. The van der Waals surface area contributed by atoms with Crippen LogP contribution in [-0.4, -0.2) is 55.9 Å². The first kappa shape index (κ1) is 27.7. The molecule has 0 radical (unpaired) electrons. The summed E-state index contributed by atoms with van der Waals surface area (Å²) in [7, 11) is 1.25. The Kier molecular flexibility index (Phi) is 7.81. The fourth-order valence-electron chi connectivity index (χ4n) is 5.34. The molecule has 2 N–H and O–H groups in total. The summed E-state index contributed by atoms with van der Waals surface area (Å²) in [6.45, 7) is 3.82. The quantitative estimate of drug-likeness (QED) is 0.343. The van der Waals surface area contributed by atoms with Crippen LogP contribution < -0.4 is 15.4 Å². The van der Waals surface area contributed by atoms with E-state index in [9.17, 15) is 22.8 Å². The third-order valence-corrected chi connectivity index (χ3v) is 7.43. The van der Waals surface area contributed by atoms with Crippen LogP contribution in [0.1, 0.15) is 67.7 Å². The fraction of sp³-hybridized carbons (Fsp3) is 0.519. The zero-order valence-corrected chi connectivity index (χ0v) is 22.4. The topological polar surface area (TPSA) is 116 Å². The van der Waals surface area contributed by atoms with Gasteiger partial charge in [0.05, 0.1) is 25.2 Å². The summed E-state index contributed by atoms with van der Waals surface area (Å²) < 4.78 is 49.8. The number of carbonyl (C=O) groups is 2. The molecule has 0 aromatic carbocycles. The molecule has 2 aliphatic rings. The van der Waals surface area contributed by atoms with Crippen LogP contribution in [0.4, 0.5) is 18.9 Å². The second-order valence-electron chi connectivity index (χ2n) is 10.7. The first-order valence-corrected chi connectivity index (χ1v) is 13.3. The number of ether oxygens (including phenoxy) is 1. The van der Waals surface area contributed by atoms with E-state index in [1.165, 1.54) is 19.5 Å². The lowest BCUT2D eigenvalue weighted by molar-refractivity contribution is -0.119. The minimum absolute atomic E-state index is 0.0362. The predicted octanol–water partition coefficient (Wildman–Crippen LogP) is 4.23. The second kappa shape index (κ2) is 11.3. The zero-order valence-electron chi connectivity index (χ0n) is 22.4. The van der Waals surface area contributed by atoms with Gasteiger partial charge < -0.3 is 15.4 Å². The number of amides is 2. The predicted molar refractivity (Wildman–Crippen MR) is 139 cm³/mol. The minimum Gasteiger partial charge on any atom is -0.481 e. The van der Waals surface area contributed by atoms with Crippen molar-refractivity contribution >= 4 is 17.5 Å². The van der Waals surface area contributed by atoms with E-state index in [0.717, 1.165) is 42.6 Å². The molecule has 5 rings (SSSR count). The van der Waals surface area contributed by atoms with Gasteiger partial charge in [-0.2, -0.15) is 10.2 Å². The Hall–Kier alpha value is -3.90. The number of halogens is 3. The van der Waals surface area contributed by atoms with Crippen LogP contribution in [0.2, 0.25) is 0 Å². The molecule has 2 amide bonds. The van der Waals surface area contributed by atoms with Gasteiger partial charge in [0, 0.05) is 24.0 Å². The number of anilines is 1. The minimum atomic E-state index is -2.98. The first-order chi connectivity index (χ1) is 19.2. The molecule has 2 atom stereocenters. The lowest BCUT2D eigenvalue weighted by Crippen LogP contribution is -2.50. The van der Waals surface area contributed by atoms with E-state index < -0.39 is 36.1 Å².